The Balaban J connectivity index is 3.21. The number of esters is 1. The van der Waals surface area contributed by atoms with Gasteiger partial charge in [0, 0.05) is 0 Å². The second-order valence-electron chi connectivity index (χ2n) is 4.84. The van der Waals surface area contributed by atoms with E-state index in [0.717, 1.165) is 0 Å². The van der Waals surface area contributed by atoms with E-state index in [1.54, 1.807) is 20.8 Å². The Morgan fingerprint density at radius 2 is 1.85 bits per heavy atom. The van der Waals surface area contributed by atoms with Gasteiger partial charge in [0.25, 0.3) is 0 Å². The Labute approximate surface area is 121 Å². The Kier molecular flexibility index (Phi) is 6.44. The van der Waals surface area contributed by atoms with Gasteiger partial charge in [-0.2, -0.15) is 0 Å². The minimum absolute atomic E-state index is 0.237. The third kappa shape index (κ3) is 3.33. The molecule has 0 amide bonds. The van der Waals surface area contributed by atoms with Crippen LogP contribution < -0.4 is 0 Å². The zero-order valence-corrected chi connectivity index (χ0v) is 13.7. The predicted molar refractivity (Wildman–Crippen MR) is 77.8 cm³/mol. The fourth-order valence-electron chi connectivity index (χ4n) is 2.39. The summed E-state index contributed by atoms with van der Waals surface area (Å²) in [6.07, 6.45) is 3.41. The fraction of sp³-hybridized carbons (Fsp3) is 0.786. The molecule has 0 saturated carbocycles. The van der Waals surface area contributed by atoms with Crippen LogP contribution in [0, 0.1) is 0 Å². The summed E-state index contributed by atoms with van der Waals surface area (Å²) >= 11 is 0. The first-order chi connectivity index (χ1) is 9.45. The van der Waals surface area contributed by atoms with Crippen molar-refractivity contribution in [1.82, 2.24) is 0 Å². The van der Waals surface area contributed by atoms with Crippen molar-refractivity contribution in [3.05, 3.63) is 11.6 Å². The van der Waals surface area contributed by atoms with Gasteiger partial charge in [-0.05, 0) is 47.0 Å². The lowest BCUT2D eigenvalue weighted by atomic mass is 9.89. The molecule has 1 aliphatic carbocycles. The van der Waals surface area contributed by atoms with Gasteiger partial charge in [0.2, 0.25) is 0 Å². The van der Waals surface area contributed by atoms with E-state index in [9.17, 15) is 9.36 Å². The molecule has 5 nitrogen and oxygen atoms in total. The molecule has 0 fully saturated rings. The monoisotopic (exact) mass is 304 g/mol. The lowest BCUT2D eigenvalue weighted by Gasteiger charge is -2.38. The summed E-state index contributed by atoms with van der Waals surface area (Å²) in [6.45, 7) is 7.95. The van der Waals surface area contributed by atoms with Crippen molar-refractivity contribution >= 4 is 13.6 Å². The summed E-state index contributed by atoms with van der Waals surface area (Å²) in [5.74, 6) is -0.478. The maximum Gasteiger partial charge on any atom is 0.348 e. The maximum atomic E-state index is 13.1. The van der Waals surface area contributed by atoms with Crippen LogP contribution >= 0.6 is 7.60 Å². The second kappa shape index (κ2) is 7.39. The standard InChI is InChI=1S/C14H25O5P/c1-5-17-13(15)14(10-8-12(4)9-11-14)20(16,18-6-2)19-7-3/h8H,5-7,9-11H2,1-4H3. The molecular weight excluding hydrogens is 279 g/mol. The van der Waals surface area contributed by atoms with E-state index in [0.29, 0.717) is 19.3 Å². The molecule has 1 aliphatic rings. The molecule has 0 heterocycles. The first-order valence-electron chi connectivity index (χ1n) is 7.17. The van der Waals surface area contributed by atoms with E-state index in [4.69, 9.17) is 13.8 Å². The van der Waals surface area contributed by atoms with Crippen molar-refractivity contribution in [2.75, 3.05) is 19.8 Å². The number of allylic oxidation sites excluding steroid dienone is 2. The van der Waals surface area contributed by atoms with Gasteiger partial charge >= 0.3 is 13.6 Å². The molecule has 0 aromatic heterocycles. The molecular formula is C14H25O5P. The van der Waals surface area contributed by atoms with E-state index in [1.807, 2.05) is 13.0 Å². The van der Waals surface area contributed by atoms with Crippen molar-refractivity contribution in [3.63, 3.8) is 0 Å². The highest BCUT2D eigenvalue weighted by Crippen LogP contribution is 2.65. The Morgan fingerprint density at radius 1 is 1.25 bits per heavy atom. The molecule has 0 bridgehead atoms. The number of rotatable bonds is 7. The van der Waals surface area contributed by atoms with Crippen molar-refractivity contribution < 1.29 is 23.1 Å². The van der Waals surface area contributed by atoms with Crippen molar-refractivity contribution in [3.8, 4) is 0 Å². The number of carbonyl (C=O) groups excluding carboxylic acids is 1. The third-order valence-electron chi connectivity index (χ3n) is 3.50. The van der Waals surface area contributed by atoms with Crippen LogP contribution in [0.15, 0.2) is 11.6 Å². The van der Waals surface area contributed by atoms with Crippen LogP contribution in [0.5, 0.6) is 0 Å². The highest BCUT2D eigenvalue weighted by atomic mass is 31.2. The Morgan fingerprint density at radius 3 is 2.25 bits per heavy atom. The summed E-state index contributed by atoms with van der Waals surface area (Å²) in [5, 5.41) is -1.20. The summed E-state index contributed by atoms with van der Waals surface area (Å²) in [5.41, 5.74) is 1.18. The number of ether oxygens (including phenoxy) is 1. The normalized spacial score (nSPS) is 23.3. The molecule has 0 aromatic carbocycles. The first kappa shape index (κ1) is 17.4. The summed E-state index contributed by atoms with van der Waals surface area (Å²) in [6, 6.07) is 0. The molecule has 0 aliphatic heterocycles. The van der Waals surface area contributed by atoms with Crippen LogP contribution in [-0.2, 0) is 23.1 Å². The van der Waals surface area contributed by atoms with Crippen LogP contribution in [0.1, 0.15) is 47.0 Å². The van der Waals surface area contributed by atoms with E-state index in [2.05, 4.69) is 0 Å². The van der Waals surface area contributed by atoms with Crippen LogP contribution in [0.3, 0.4) is 0 Å². The Hall–Kier alpha value is -0.640. The van der Waals surface area contributed by atoms with Gasteiger partial charge in [-0.15, -0.1) is 0 Å². The third-order valence-corrected chi connectivity index (χ3v) is 6.33. The quantitative estimate of drug-likeness (QED) is 0.408. The van der Waals surface area contributed by atoms with Crippen LogP contribution in [-0.4, -0.2) is 30.9 Å². The molecule has 0 saturated heterocycles. The lowest BCUT2D eigenvalue weighted by Crippen LogP contribution is -2.42. The molecule has 1 rings (SSSR count). The van der Waals surface area contributed by atoms with E-state index >= 15 is 0 Å². The molecule has 6 heteroatoms. The molecule has 20 heavy (non-hydrogen) atoms. The lowest BCUT2D eigenvalue weighted by molar-refractivity contribution is -0.147. The number of hydrogen-bond acceptors (Lipinski definition) is 5. The fourth-order valence-corrected chi connectivity index (χ4v) is 4.62. The topological polar surface area (TPSA) is 61.8 Å². The van der Waals surface area contributed by atoms with Crippen LogP contribution in [0.2, 0.25) is 0 Å². The highest BCUT2D eigenvalue weighted by molar-refractivity contribution is 7.56. The minimum atomic E-state index is -3.56. The smallest absolute Gasteiger partial charge is 0.348 e. The zero-order chi connectivity index (χ0) is 15.2. The van der Waals surface area contributed by atoms with E-state index in [1.165, 1.54) is 5.57 Å². The summed E-state index contributed by atoms with van der Waals surface area (Å²) < 4.78 is 29.1. The molecule has 0 spiro atoms. The summed E-state index contributed by atoms with van der Waals surface area (Å²) in [4.78, 5) is 12.4. The van der Waals surface area contributed by atoms with Gasteiger partial charge in [0.15, 0.2) is 5.16 Å². The predicted octanol–water partition coefficient (Wildman–Crippen LogP) is 3.68. The summed E-state index contributed by atoms with van der Waals surface area (Å²) in [7, 11) is -3.56. The highest BCUT2D eigenvalue weighted by Gasteiger charge is 2.57. The molecule has 116 valence electrons. The van der Waals surface area contributed by atoms with Crippen molar-refractivity contribution in [1.29, 1.82) is 0 Å². The molecule has 0 N–H and O–H groups in total. The zero-order valence-electron chi connectivity index (χ0n) is 12.8. The molecule has 0 radical (unpaired) electrons. The van der Waals surface area contributed by atoms with Gasteiger partial charge in [0.1, 0.15) is 0 Å². The van der Waals surface area contributed by atoms with Crippen molar-refractivity contribution in [2.45, 2.75) is 52.1 Å². The van der Waals surface area contributed by atoms with Gasteiger partial charge < -0.3 is 13.8 Å². The van der Waals surface area contributed by atoms with Gasteiger partial charge in [-0.1, -0.05) is 11.6 Å². The van der Waals surface area contributed by atoms with E-state index in [-0.39, 0.29) is 19.8 Å². The van der Waals surface area contributed by atoms with Gasteiger partial charge in [-0.3, -0.25) is 9.36 Å². The Bertz CT molecular complexity index is 408. The van der Waals surface area contributed by atoms with Gasteiger partial charge in [0.05, 0.1) is 19.8 Å². The average molecular weight is 304 g/mol. The molecule has 1 unspecified atom stereocenters. The van der Waals surface area contributed by atoms with Crippen LogP contribution in [0.4, 0.5) is 0 Å². The van der Waals surface area contributed by atoms with Crippen LogP contribution in [0.25, 0.3) is 0 Å². The first-order valence-corrected chi connectivity index (χ1v) is 8.72. The molecule has 1 atom stereocenters. The van der Waals surface area contributed by atoms with E-state index < -0.39 is 18.7 Å². The largest absolute Gasteiger partial charge is 0.465 e. The SMILES string of the molecule is CCOC(=O)C1(P(=O)(OCC)OCC)CC=C(C)CC1. The number of hydrogen-bond donors (Lipinski definition) is 0. The average Bonchev–Trinajstić information content (AvgIpc) is 2.40. The number of carbonyl (C=O) groups is 1. The maximum absolute atomic E-state index is 13.1. The second-order valence-corrected chi connectivity index (χ2v) is 7.21. The molecule has 0 aromatic rings. The minimum Gasteiger partial charge on any atom is -0.465 e. The van der Waals surface area contributed by atoms with Gasteiger partial charge in [-0.25, -0.2) is 0 Å². The van der Waals surface area contributed by atoms with Crippen molar-refractivity contribution in [2.24, 2.45) is 0 Å².